The van der Waals surface area contributed by atoms with Crippen LogP contribution in [0, 0.1) is 4.64 Å². The Kier molecular flexibility index (Phi) is 3.78. The van der Waals surface area contributed by atoms with Gasteiger partial charge in [0, 0.05) is 11.6 Å². The fourth-order valence-corrected chi connectivity index (χ4v) is 3.69. The van der Waals surface area contributed by atoms with E-state index in [1.54, 1.807) is 0 Å². The van der Waals surface area contributed by atoms with Gasteiger partial charge in [-0.1, -0.05) is 50.3 Å². The van der Waals surface area contributed by atoms with Gasteiger partial charge in [0.2, 0.25) is 0 Å². The summed E-state index contributed by atoms with van der Waals surface area (Å²) in [6.07, 6.45) is 2.10. The van der Waals surface area contributed by atoms with E-state index in [1.165, 1.54) is 11.1 Å². The van der Waals surface area contributed by atoms with Gasteiger partial charge in [0.25, 0.3) is 0 Å². The average molecular weight is 349 g/mol. The van der Waals surface area contributed by atoms with Crippen LogP contribution in [0.3, 0.4) is 0 Å². The fourth-order valence-electron chi connectivity index (χ4n) is 2.84. The van der Waals surface area contributed by atoms with E-state index in [0.717, 1.165) is 28.8 Å². The Morgan fingerprint density at radius 2 is 1.85 bits per heavy atom. The molecule has 1 aliphatic rings. The molecule has 1 aromatic carbocycles. The summed E-state index contributed by atoms with van der Waals surface area (Å²) in [4.78, 5) is 8.10. The van der Waals surface area contributed by atoms with E-state index in [0.29, 0.717) is 16.5 Å². The number of hydrogen-bond acceptors (Lipinski definition) is 2. The predicted octanol–water partition coefficient (Wildman–Crippen LogP) is 4.91. The Morgan fingerprint density at radius 3 is 2.40 bits per heavy atom. The summed E-state index contributed by atoms with van der Waals surface area (Å²) in [5, 5.41) is 0. The van der Waals surface area contributed by atoms with Crippen LogP contribution in [0.2, 0.25) is 0 Å². The molecule has 1 aliphatic carbocycles. The quantitative estimate of drug-likeness (QED) is 0.781. The molecular weight excluding hydrogens is 332 g/mol. The van der Waals surface area contributed by atoms with Crippen molar-refractivity contribution in [1.29, 1.82) is 0 Å². The Morgan fingerprint density at radius 1 is 1.25 bits per heavy atom. The molecule has 1 N–H and O–H groups in total. The summed E-state index contributed by atoms with van der Waals surface area (Å²) in [5.74, 6) is 1.84. The number of aromatic nitrogens is 2. The summed E-state index contributed by atoms with van der Waals surface area (Å²) < 4.78 is 1.60. The number of rotatable bonds is 2. The molecule has 0 saturated carbocycles. The van der Waals surface area contributed by atoms with Gasteiger partial charge in [-0.2, -0.15) is 0 Å². The van der Waals surface area contributed by atoms with Crippen LogP contribution in [-0.2, 0) is 12.8 Å². The lowest BCUT2D eigenvalue weighted by Gasteiger charge is -2.14. The number of aromatic amines is 1. The monoisotopic (exact) mass is 348 g/mol. The smallest absolute Gasteiger partial charge is 0.144 e. The summed E-state index contributed by atoms with van der Waals surface area (Å²) in [6.45, 7) is 4.33. The first-order chi connectivity index (χ1) is 9.56. The molecule has 0 amide bonds. The Bertz CT molecular complexity index is 681. The molecule has 0 bridgehead atoms. The lowest BCUT2D eigenvalue weighted by Crippen LogP contribution is -2.09. The molecule has 0 unspecified atom stereocenters. The molecule has 4 heteroatoms. The molecular formula is C16H17BrN2S. The van der Waals surface area contributed by atoms with Crippen LogP contribution in [0.1, 0.15) is 48.3 Å². The highest BCUT2D eigenvalue weighted by molar-refractivity contribution is 9.10. The van der Waals surface area contributed by atoms with E-state index in [-0.39, 0.29) is 0 Å². The lowest BCUT2D eigenvalue weighted by atomic mass is 10.0. The molecule has 20 heavy (non-hydrogen) atoms. The zero-order valence-electron chi connectivity index (χ0n) is 11.6. The average Bonchev–Trinajstić information content (AvgIpc) is 2.85. The third-order valence-electron chi connectivity index (χ3n) is 3.92. The van der Waals surface area contributed by atoms with Gasteiger partial charge in [-0.05, 0) is 45.8 Å². The van der Waals surface area contributed by atoms with Crippen molar-refractivity contribution < 1.29 is 0 Å². The van der Waals surface area contributed by atoms with E-state index < -0.39 is 0 Å². The number of fused-ring (bicyclic) bond motifs is 1. The number of halogens is 1. The van der Waals surface area contributed by atoms with Gasteiger partial charge in [-0.3, -0.25) is 0 Å². The molecule has 104 valence electrons. The molecule has 2 aromatic rings. The normalized spacial score (nSPS) is 14.8. The number of nitrogens with one attached hydrogen (secondary N) is 1. The Hall–Kier alpha value is -1.00. The second-order valence-corrected chi connectivity index (χ2v) is 6.86. The van der Waals surface area contributed by atoms with E-state index in [4.69, 9.17) is 12.2 Å². The molecule has 1 aromatic heterocycles. The fraction of sp³-hybridized carbons (Fsp3) is 0.375. The molecule has 0 fully saturated rings. The minimum atomic E-state index is 0.400. The van der Waals surface area contributed by atoms with Crippen molar-refractivity contribution in [3.05, 3.63) is 56.0 Å². The van der Waals surface area contributed by atoms with Gasteiger partial charge < -0.3 is 4.98 Å². The highest BCUT2D eigenvalue weighted by atomic mass is 79.9. The van der Waals surface area contributed by atoms with Crippen LogP contribution >= 0.6 is 28.1 Å². The van der Waals surface area contributed by atoms with Crippen molar-refractivity contribution >= 4 is 28.1 Å². The maximum Gasteiger partial charge on any atom is 0.144 e. The van der Waals surface area contributed by atoms with Gasteiger partial charge in [-0.25, -0.2) is 4.98 Å². The minimum absolute atomic E-state index is 0.400. The van der Waals surface area contributed by atoms with Crippen LogP contribution in [0.25, 0.3) is 0 Å². The van der Waals surface area contributed by atoms with Crippen molar-refractivity contribution in [1.82, 2.24) is 9.97 Å². The first kappa shape index (κ1) is 14.0. The van der Waals surface area contributed by atoms with E-state index in [9.17, 15) is 0 Å². The van der Waals surface area contributed by atoms with Crippen molar-refractivity contribution in [2.24, 2.45) is 0 Å². The summed E-state index contributed by atoms with van der Waals surface area (Å²) >= 11 is 8.95. The molecule has 3 rings (SSSR count). The lowest BCUT2D eigenvalue weighted by molar-refractivity contribution is 0.659. The van der Waals surface area contributed by atoms with Crippen LogP contribution in [0.4, 0.5) is 0 Å². The topological polar surface area (TPSA) is 28.7 Å². The number of nitrogens with zero attached hydrogens (tertiary/aromatic N) is 1. The second-order valence-electron chi connectivity index (χ2n) is 5.68. The molecule has 2 nitrogen and oxygen atoms in total. The van der Waals surface area contributed by atoms with E-state index >= 15 is 0 Å². The maximum atomic E-state index is 5.39. The van der Waals surface area contributed by atoms with Gasteiger partial charge in [-0.15, -0.1) is 0 Å². The zero-order valence-corrected chi connectivity index (χ0v) is 14.0. The van der Waals surface area contributed by atoms with Gasteiger partial charge >= 0.3 is 0 Å². The molecule has 0 saturated heterocycles. The van der Waals surface area contributed by atoms with Gasteiger partial charge in [0.15, 0.2) is 0 Å². The van der Waals surface area contributed by atoms with Crippen LogP contribution in [-0.4, -0.2) is 9.97 Å². The standard InChI is InChI=1S/C16H17BrN2S/c1-9(2)14-13(17)16(20)19-15(18-14)12-7-10-5-3-4-6-11(10)8-12/h3-6,9,12H,7-8H2,1-2H3,(H,18,19,20). The largest absolute Gasteiger partial charge is 0.346 e. The highest BCUT2D eigenvalue weighted by Crippen LogP contribution is 2.33. The van der Waals surface area contributed by atoms with Crippen molar-refractivity contribution in [3.8, 4) is 0 Å². The van der Waals surface area contributed by atoms with Gasteiger partial charge in [0.05, 0.1) is 4.47 Å². The highest BCUT2D eigenvalue weighted by Gasteiger charge is 2.25. The van der Waals surface area contributed by atoms with Crippen molar-refractivity contribution in [2.45, 2.75) is 38.5 Å². The second kappa shape index (κ2) is 5.41. The van der Waals surface area contributed by atoms with Crippen molar-refractivity contribution in [3.63, 3.8) is 0 Å². The van der Waals surface area contributed by atoms with Gasteiger partial charge in [0.1, 0.15) is 10.5 Å². The first-order valence-electron chi connectivity index (χ1n) is 6.92. The van der Waals surface area contributed by atoms with Crippen LogP contribution in [0.15, 0.2) is 28.7 Å². The third-order valence-corrected chi connectivity index (χ3v) is 5.28. The Labute approximate surface area is 132 Å². The molecule has 0 aliphatic heterocycles. The molecule has 0 radical (unpaired) electrons. The summed E-state index contributed by atoms with van der Waals surface area (Å²) in [5.41, 5.74) is 4.02. The minimum Gasteiger partial charge on any atom is -0.346 e. The van der Waals surface area contributed by atoms with Crippen LogP contribution in [0.5, 0.6) is 0 Å². The zero-order chi connectivity index (χ0) is 14.3. The van der Waals surface area contributed by atoms with Crippen LogP contribution < -0.4 is 0 Å². The summed E-state index contributed by atoms with van der Waals surface area (Å²) in [7, 11) is 0. The van der Waals surface area contributed by atoms with E-state index in [2.05, 4.69) is 64.0 Å². The number of benzene rings is 1. The number of hydrogen-bond donors (Lipinski definition) is 1. The summed E-state index contributed by atoms with van der Waals surface area (Å²) in [6, 6.07) is 8.65. The first-order valence-corrected chi connectivity index (χ1v) is 8.12. The third kappa shape index (κ3) is 2.47. The Balaban J connectivity index is 1.99. The molecule has 0 spiro atoms. The SMILES string of the molecule is CC(C)c1[nH]c(C2Cc3ccccc3C2)nc(=S)c1Br. The predicted molar refractivity (Wildman–Crippen MR) is 87.8 cm³/mol. The van der Waals surface area contributed by atoms with Crippen molar-refractivity contribution in [2.75, 3.05) is 0 Å². The maximum absolute atomic E-state index is 5.39. The number of H-pyrrole nitrogens is 1. The van der Waals surface area contributed by atoms with E-state index in [1.807, 2.05) is 0 Å². The molecule has 1 heterocycles. The molecule has 0 atom stereocenters.